The summed E-state index contributed by atoms with van der Waals surface area (Å²) in [7, 11) is 0. The molecule has 4 heteroatoms. The Morgan fingerprint density at radius 3 is 2.40 bits per heavy atom. The van der Waals surface area contributed by atoms with Crippen molar-refractivity contribution < 1.29 is 9.52 Å². The van der Waals surface area contributed by atoms with E-state index in [0.717, 1.165) is 56.7 Å². The zero-order valence-corrected chi connectivity index (χ0v) is 16.9. The molecule has 0 fully saturated rings. The van der Waals surface area contributed by atoms with E-state index in [1.54, 1.807) is 11.3 Å². The van der Waals surface area contributed by atoms with Gasteiger partial charge in [-0.05, 0) is 49.8 Å². The molecule has 0 aliphatic heterocycles. The van der Waals surface area contributed by atoms with Crippen LogP contribution in [0.15, 0.2) is 34.1 Å². The number of thiophene rings is 1. The van der Waals surface area contributed by atoms with Crippen LogP contribution in [-0.2, 0) is 18.7 Å². The molecule has 0 radical (unpaired) electrons. The van der Waals surface area contributed by atoms with Gasteiger partial charge < -0.3 is 9.52 Å². The molecular weight excluding hydrogens is 330 g/mol. The highest BCUT2D eigenvalue weighted by Crippen LogP contribution is 2.33. The van der Waals surface area contributed by atoms with Crippen LogP contribution in [-0.4, -0.2) is 16.0 Å². The van der Waals surface area contributed by atoms with Gasteiger partial charge in [0, 0.05) is 17.5 Å². The third-order valence-corrected chi connectivity index (χ3v) is 5.82. The van der Waals surface area contributed by atoms with Crippen molar-refractivity contribution in [2.24, 2.45) is 0 Å². The Hall–Kier alpha value is -1.10. The molecule has 2 heterocycles. The van der Waals surface area contributed by atoms with Gasteiger partial charge in [0.15, 0.2) is 0 Å². The van der Waals surface area contributed by atoms with E-state index in [2.05, 4.69) is 50.1 Å². The Morgan fingerprint density at radius 2 is 1.84 bits per heavy atom. The summed E-state index contributed by atoms with van der Waals surface area (Å²) in [6, 6.07) is 8.79. The Labute approximate surface area is 156 Å². The topological polar surface area (TPSA) is 36.6 Å². The number of furan rings is 1. The van der Waals surface area contributed by atoms with Crippen molar-refractivity contribution >= 4 is 11.3 Å². The number of hydrogen-bond donors (Lipinski definition) is 1. The third-order valence-electron chi connectivity index (χ3n) is 4.96. The first-order valence-electron chi connectivity index (χ1n) is 9.60. The maximum absolute atomic E-state index is 11.0. The van der Waals surface area contributed by atoms with Gasteiger partial charge in [-0.2, -0.15) is 0 Å². The number of rotatable bonds is 11. The lowest BCUT2D eigenvalue weighted by atomic mass is 9.90. The fourth-order valence-corrected chi connectivity index (χ4v) is 4.07. The molecule has 2 rings (SSSR count). The SMILES string of the molecule is CCCC(O)(CCC)c1ccc(CN(Cc2cccs2)[C@@H](C)CC)o1. The van der Waals surface area contributed by atoms with Crippen LogP contribution in [0.5, 0.6) is 0 Å². The monoisotopic (exact) mass is 363 g/mol. The quantitative estimate of drug-likeness (QED) is 0.537. The zero-order chi connectivity index (χ0) is 18.3. The van der Waals surface area contributed by atoms with E-state index in [-0.39, 0.29) is 0 Å². The molecule has 0 aliphatic rings. The van der Waals surface area contributed by atoms with Crippen molar-refractivity contribution in [1.82, 2.24) is 4.90 Å². The number of aliphatic hydroxyl groups is 1. The van der Waals surface area contributed by atoms with Crippen LogP contribution < -0.4 is 0 Å². The molecule has 0 saturated carbocycles. The van der Waals surface area contributed by atoms with Gasteiger partial charge in [-0.1, -0.05) is 39.7 Å². The number of hydrogen-bond acceptors (Lipinski definition) is 4. The number of nitrogens with zero attached hydrogens (tertiary/aromatic N) is 1. The van der Waals surface area contributed by atoms with Gasteiger partial charge in [0.25, 0.3) is 0 Å². The summed E-state index contributed by atoms with van der Waals surface area (Å²) in [6.45, 7) is 10.4. The van der Waals surface area contributed by atoms with Gasteiger partial charge in [0.2, 0.25) is 0 Å². The molecule has 140 valence electrons. The molecule has 2 aromatic rings. The molecule has 2 aromatic heterocycles. The van der Waals surface area contributed by atoms with Crippen LogP contribution in [0, 0.1) is 0 Å². The smallest absolute Gasteiger partial charge is 0.135 e. The minimum Gasteiger partial charge on any atom is -0.462 e. The lowest BCUT2D eigenvalue weighted by molar-refractivity contribution is -0.00543. The zero-order valence-electron chi connectivity index (χ0n) is 16.1. The maximum atomic E-state index is 11.0. The van der Waals surface area contributed by atoms with Gasteiger partial charge >= 0.3 is 0 Å². The standard InChI is InChI=1S/C21H33NO2S/c1-5-12-21(23,13-6-2)20-11-10-18(24-20)15-22(17(4)7-3)16-19-9-8-14-25-19/h8-11,14,17,23H,5-7,12-13,15-16H2,1-4H3/t17-/m0/s1. The van der Waals surface area contributed by atoms with Crippen LogP contribution in [0.1, 0.15) is 76.2 Å². The molecule has 1 atom stereocenters. The van der Waals surface area contributed by atoms with Crippen molar-refractivity contribution in [3.05, 3.63) is 46.0 Å². The first-order valence-corrected chi connectivity index (χ1v) is 10.5. The van der Waals surface area contributed by atoms with E-state index < -0.39 is 5.60 Å². The van der Waals surface area contributed by atoms with Crippen molar-refractivity contribution in [3.63, 3.8) is 0 Å². The molecule has 1 N–H and O–H groups in total. The van der Waals surface area contributed by atoms with Crippen molar-refractivity contribution in [3.8, 4) is 0 Å². The van der Waals surface area contributed by atoms with E-state index >= 15 is 0 Å². The lowest BCUT2D eigenvalue weighted by Crippen LogP contribution is -2.31. The summed E-state index contributed by atoms with van der Waals surface area (Å²) < 4.78 is 6.11. The second-order valence-electron chi connectivity index (χ2n) is 7.04. The molecule has 0 saturated heterocycles. The summed E-state index contributed by atoms with van der Waals surface area (Å²) in [5.74, 6) is 1.67. The van der Waals surface area contributed by atoms with Crippen LogP contribution in [0.4, 0.5) is 0 Å². The molecule has 0 spiro atoms. The Bertz CT molecular complexity index is 599. The summed E-state index contributed by atoms with van der Waals surface area (Å²) in [6.07, 6.45) is 4.50. The highest BCUT2D eigenvalue weighted by atomic mass is 32.1. The Kier molecular flexibility index (Phi) is 7.73. The Balaban J connectivity index is 2.13. The fourth-order valence-electron chi connectivity index (χ4n) is 3.34. The average molecular weight is 364 g/mol. The summed E-state index contributed by atoms with van der Waals surface area (Å²) >= 11 is 1.80. The Morgan fingerprint density at radius 1 is 1.12 bits per heavy atom. The summed E-state index contributed by atoms with van der Waals surface area (Å²) in [5.41, 5.74) is -0.823. The minimum absolute atomic E-state index is 0.487. The molecular formula is C21H33NO2S. The van der Waals surface area contributed by atoms with Gasteiger partial charge in [0.05, 0.1) is 6.54 Å². The van der Waals surface area contributed by atoms with Crippen molar-refractivity contribution in [2.45, 2.75) is 84.5 Å². The normalized spacial score (nSPS) is 13.5. The molecule has 3 nitrogen and oxygen atoms in total. The molecule has 0 aliphatic carbocycles. The van der Waals surface area contributed by atoms with E-state index in [1.807, 2.05) is 12.1 Å². The summed E-state index contributed by atoms with van der Waals surface area (Å²) in [4.78, 5) is 3.83. The average Bonchev–Trinajstić information content (AvgIpc) is 3.26. The van der Waals surface area contributed by atoms with E-state index in [9.17, 15) is 5.11 Å². The van der Waals surface area contributed by atoms with Crippen LogP contribution in [0.3, 0.4) is 0 Å². The second kappa shape index (κ2) is 9.56. The summed E-state index contributed by atoms with van der Waals surface area (Å²) in [5, 5.41) is 13.1. The van der Waals surface area contributed by atoms with Gasteiger partial charge in [-0.25, -0.2) is 0 Å². The van der Waals surface area contributed by atoms with Crippen LogP contribution in [0.2, 0.25) is 0 Å². The van der Waals surface area contributed by atoms with E-state index in [0.29, 0.717) is 6.04 Å². The van der Waals surface area contributed by atoms with Gasteiger partial charge in [0.1, 0.15) is 17.1 Å². The molecule has 0 aromatic carbocycles. The highest BCUT2D eigenvalue weighted by Gasteiger charge is 2.31. The predicted molar refractivity (Wildman–Crippen MR) is 106 cm³/mol. The highest BCUT2D eigenvalue weighted by molar-refractivity contribution is 7.09. The predicted octanol–water partition coefficient (Wildman–Crippen LogP) is 5.93. The first kappa shape index (κ1) is 20.2. The van der Waals surface area contributed by atoms with Crippen molar-refractivity contribution in [1.29, 1.82) is 0 Å². The molecule has 0 amide bonds. The van der Waals surface area contributed by atoms with E-state index in [1.165, 1.54) is 4.88 Å². The largest absolute Gasteiger partial charge is 0.462 e. The van der Waals surface area contributed by atoms with Crippen LogP contribution in [0.25, 0.3) is 0 Å². The molecule has 25 heavy (non-hydrogen) atoms. The third kappa shape index (κ3) is 5.44. The van der Waals surface area contributed by atoms with Gasteiger partial charge in [-0.3, -0.25) is 4.90 Å². The van der Waals surface area contributed by atoms with Crippen molar-refractivity contribution in [2.75, 3.05) is 0 Å². The fraction of sp³-hybridized carbons (Fsp3) is 0.619. The molecule has 0 unspecified atom stereocenters. The lowest BCUT2D eigenvalue weighted by Gasteiger charge is -2.27. The minimum atomic E-state index is -0.823. The molecule has 0 bridgehead atoms. The maximum Gasteiger partial charge on any atom is 0.135 e. The second-order valence-corrected chi connectivity index (χ2v) is 8.07. The first-order chi connectivity index (χ1) is 12.0. The van der Waals surface area contributed by atoms with Crippen LogP contribution >= 0.6 is 11.3 Å². The van der Waals surface area contributed by atoms with E-state index in [4.69, 9.17) is 4.42 Å². The van der Waals surface area contributed by atoms with Gasteiger partial charge in [-0.15, -0.1) is 11.3 Å².